The lowest BCUT2D eigenvalue weighted by molar-refractivity contribution is -0.117. The molecule has 2 rings (SSSR count). The molecule has 1 aromatic carbocycles. The summed E-state index contributed by atoms with van der Waals surface area (Å²) in [5.74, 6) is -0.235. The van der Waals surface area contributed by atoms with Gasteiger partial charge in [0.25, 0.3) is 0 Å². The number of aromatic nitrogens is 2. The number of nitrogens with zero attached hydrogens (tertiary/aromatic N) is 2. The van der Waals surface area contributed by atoms with Crippen LogP contribution in [0, 0.1) is 6.92 Å². The molecule has 1 aromatic heterocycles. The number of imidazole rings is 1. The average molecular weight is 332 g/mol. The highest BCUT2D eigenvalue weighted by molar-refractivity contribution is 7.99. The molecule has 0 saturated heterocycles. The molecule has 23 heavy (non-hydrogen) atoms. The summed E-state index contributed by atoms with van der Waals surface area (Å²) in [6.45, 7) is 5.68. The van der Waals surface area contributed by atoms with Gasteiger partial charge in [-0.25, -0.2) is 9.78 Å². The molecule has 122 valence electrons. The third-order valence-corrected chi connectivity index (χ3v) is 3.86. The van der Waals surface area contributed by atoms with Gasteiger partial charge < -0.3 is 5.32 Å². The summed E-state index contributed by atoms with van der Waals surface area (Å²) in [5, 5.41) is 5.61. The molecule has 2 aromatic rings. The summed E-state index contributed by atoms with van der Waals surface area (Å²) in [5.41, 5.74) is 2.14. The van der Waals surface area contributed by atoms with E-state index in [4.69, 9.17) is 0 Å². The Balaban J connectivity index is 1.96. The summed E-state index contributed by atoms with van der Waals surface area (Å²) < 4.78 is 1.92. The molecule has 2 N–H and O–H groups in total. The van der Waals surface area contributed by atoms with Gasteiger partial charge >= 0.3 is 6.03 Å². The van der Waals surface area contributed by atoms with E-state index < -0.39 is 6.03 Å². The summed E-state index contributed by atoms with van der Waals surface area (Å²) in [6.07, 6.45) is 3.54. The van der Waals surface area contributed by atoms with Gasteiger partial charge in [-0.05, 0) is 38.5 Å². The third-order valence-electron chi connectivity index (χ3n) is 2.89. The van der Waals surface area contributed by atoms with E-state index in [0.29, 0.717) is 5.16 Å². The minimum Gasteiger partial charge on any atom is -0.336 e. The molecule has 6 nitrogen and oxygen atoms in total. The van der Waals surface area contributed by atoms with E-state index in [1.165, 1.54) is 11.8 Å². The number of imide groups is 1. The zero-order valence-electron chi connectivity index (χ0n) is 13.4. The Hall–Kier alpha value is -2.28. The second-order valence-corrected chi connectivity index (χ2v) is 6.33. The molecule has 3 amide bonds. The number of carbonyl (C=O) groups excluding carboxylic acids is 2. The van der Waals surface area contributed by atoms with Crippen molar-refractivity contribution in [2.24, 2.45) is 0 Å². The largest absolute Gasteiger partial charge is 0.336 e. The van der Waals surface area contributed by atoms with Crippen molar-refractivity contribution in [3.63, 3.8) is 0 Å². The monoisotopic (exact) mass is 332 g/mol. The predicted octanol–water partition coefficient (Wildman–Crippen LogP) is 2.51. The number of carbonyl (C=O) groups is 2. The highest BCUT2D eigenvalue weighted by Crippen LogP contribution is 2.20. The standard InChI is InChI=1S/C16H20N4O2S/c1-11(2)18-15(22)19-14(21)10-23-16-17-7-8-20(16)13-6-4-5-12(3)9-13/h4-9,11H,10H2,1-3H3,(H2,18,19,21,22). The van der Waals surface area contributed by atoms with Crippen molar-refractivity contribution in [3.05, 3.63) is 42.2 Å². The number of rotatable bonds is 5. The van der Waals surface area contributed by atoms with E-state index in [-0.39, 0.29) is 17.7 Å². The van der Waals surface area contributed by atoms with E-state index in [1.54, 1.807) is 6.20 Å². The zero-order chi connectivity index (χ0) is 16.8. The molecule has 0 aliphatic rings. The maximum Gasteiger partial charge on any atom is 0.321 e. The van der Waals surface area contributed by atoms with Crippen LogP contribution in [0.5, 0.6) is 0 Å². The molecule has 0 spiro atoms. The van der Waals surface area contributed by atoms with Crippen LogP contribution in [0.3, 0.4) is 0 Å². The lowest BCUT2D eigenvalue weighted by Gasteiger charge is -2.10. The number of amides is 3. The topological polar surface area (TPSA) is 76.0 Å². The summed E-state index contributed by atoms with van der Waals surface area (Å²) in [4.78, 5) is 27.5. The minimum absolute atomic E-state index is 0.0179. The number of hydrogen-bond acceptors (Lipinski definition) is 4. The third kappa shape index (κ3) is 5.14. The van der Waals surface area contributed by atoms with Gasteiger partial charge in [0.05, 0.1) is 5.75 Å². The fraction of sp³-hybridized carbons (Fsp3) is 0.312. The first-order valence-electron chi connectivity index (χ1n) is 7.29. The summed E-state index contributed by atoms with van der Waals surface area (Å²) >= 11 is 1.28. The molecule has 0 fully saturated rings. The van der Waals surface area contributed by atoms with Crippen molar-refractivity contribution in [3.8, 4) is 5.69 Å². The Bertz CT molecular complexity index is 697. The molecule has 0 atom stereocenters. The normalized spacial score (nSPS) is 10.6. The van der Waals surface area contributed by atoms with E-state index in [2.05, 4.69) is 15.6 Å². The van der Waals surface area contributed by atoms with Crippen LogP contribution in [0.1, 0.15) is 19.4 Å². The van der Waals surface area contributed by atoms with Crippen LogP contribution >= 0.6 is 11.8 Å². The number of nitrogens with one attached hydrogen (secondary N) is 2. The second-order valence-electron chi connectivity index (χ2n) is 5.38. The van der Waals surface area contributed by atoms with Crippen molar-refractivity contribution in [1.82, 2.24) is 20.2 Å². The van der Waals surface area contributed by atoms with Crippen LogP contribution < -0.4 is 10.6 Å². The van der Waals surface area contributed by atoms with Crippen LogP contribution in [0.2, 0.25) is 0 Å². The van der Waals surface area contributed by atoms with Gasteiger partial charge in [0.2, 0.25) is 5.91 Å². The first-order valence-corrected chi connectivity index (χ1v) is 8.28. The van der Waals surface area contributed by atoms with Gasteiger partial charge in [0, 0.05) is 24.1 Å². The van der Waals surface area contributed by atoms with E-state index in [9.17, 15) is 9.59 Å². The molecule has 0 saturated carbocycles. The maximum absolute atomic E-state index is 11.8. The van der Waals surface area contributed by atoms with Gasteiger partial charge in [-0.1, -0.05) is 23.9 Å². The van der Waals surface area contributed by atoms with E-state index in [1.807, 2.05) is 55.8 Å². The fourth-order valence-corrected chi connectivity index (χ4v) is 2.74. The quantitative estimate of drug-likeness (QED) is 0.825. The van der Waals surface area contributed by atoms with Crippen molar-refractivity contribution in [1.29, 1.82) is 0 Å². The molecule has 0 aliphatic carbocycles. The molecule has 0 unspecified atom stereocenters. The van der Waals surface area contributed by atoms with Crippen molar-refractivity contribution < 1.29 is 9.59 Å². The zero-order valence-corrected chi connectivity index (χ0v) is 14.2. The highest BCUT2D eigenvalue weighted by atomic mass is 32.2. The molecular formula is C16H20N4O2S. The molecule has 1 heterocycles. The first kappa shape index (κ1) is 17.1. The maximum atomic E-state index is 11.8. The lowest BCUT2D eigenvalue weighted by atomic mass is 10.2. The van der Waals surface area contributed by atoms with Crippen molar-refractivity contribution >= 4 is 23.7 Å². The Kier molecular flexibility index (Phi) is 5.81. The Morgan fingerprint density at radius 1 is 1.35 bits per heavy atom. The van der Waals surface area contributed by atoms with Gasteiger partial charge in [-0.3, -0.25) is 14.7 Å². The van der Waals surface area contributed by atoms with Gasteiger partial charge in [0.15, 0.2) is 5.16 Å². The summed E-state index contributed by atoms with van der Waals surface area (Å²) in [6, 6.07) is 7.52. The Morgan fingerprint density at radius 2 is 2.13 bits per heavy atom. The predicted molar refractivity (Wildman–Crippen MR) is 90.8 cm³/mol. The lowest BCUT2D eigenvalue weighted by Crippen LogP contribution is -2.43. The first-order chi connectivity index (χ1) is 11.0. The minimum atomic E-state index is -0.479. The number of aryl methyl sites for hydroxylation is 1. The number of hydrogen-bond donors (Lipinski definition) is 2. The highest BCUT2D eigenvalue weighted by Gasteiger charge is 2.12. The van der Waals surface area contributed by atoms with Crippen LogP contribution in [-0.2, 0) is 4.79 Å². The smallest absolute Gasteiger partial charge is 0.321 e. The molecule has 0 aliphatic heterocycles. The van der Waals surface area contributed by atoms with E-state index >= 15 is 0 Å². The summed E-state index contributed by atoms with van der Waals surface area (Å²) in [7, 11) is 0. The molecule has 0 radical (unpaired) electrons. The fourth-order valence-electron chi connectivity index (χ4n) is 1.96. The van der Waals surface area contributed by atoms with Crippen molar-refractivity contribution in [2.45, 2.75) is 32.0 Å². The Morgan fingerprint density at radius 3 is 2.83 bits per heavy atom. The number of thioether (sulfide) groups is 1. The SMILES string of the molecule is Cc1cccc(-n2ccnc2SCC(=O)NC(=O)NC(C)C)c1. The van der Waals surface area contributed by atoms with Crippen LogP contribution in [0.4, 0.5) is 4.79 Å². The Labute approximate surface area is 139 Å². The van der Waals surface area contributed by atoms with Crippen LogP contribution in [0.25, 0.3) is 5.69 Å². The van der Waals surface area contributed by atoms with Gasteiger partial charge in [-0.15, -0.1) is 0 Å². The van der Waals surface area contributed by atoms with Crippen LogP contribution in [0.15, 0.2) is 41.8 Å². The molecule has 7 heteroatoms. The van der Waals surface area contributed by atoms with Gasteiger partial charge in [-0.2, -0.15) is 0 Å². The van der Waals surface area contributed by atoms with E-state index in [0.717, 1.165) is 11.3 Å². The average Bonchev–Trinajstić information content (AvgIpc) is 2.92. The second kappa shape index (κ2) is 7.82. The molecule has 0 bridgehead atoms. The molecular weight excluding hydrogens is 312 g/mol. The number of urea groups is 1. The van der Waals surface area contributed by atoms with Crippen molar-refractivity contribution in [2.75, 3.05) is 5.75 Å². The van der Waals surface area contributed by atoms with Crippen LogP contribution in [-0.4, -0.2) is 33.3 Å². The van der Waals surface area contributed by atoms with Gasteiger partial charge in [0.1, 0.15) is 0 Å². The number of benzene rings is 1.